The van der Waals surface area contributed by atoms with Crippen molar-refractivity contribution in [2.45, 2.75) is 36.8 Å². The van der Waals surface area contributed by atoms with Gasteiger partial charge in [-0.3, -0.25) is 0 Å². The molecule has 0 amide bonds. The maximum atomic E-state index is 9.49. The molecular formula is C8H17NO5. The average molecular weight is 207 g/mol. The first-order valence-electron chi connectivity index (χ1n) is 4.63. The Kier molecular flexibility index (Phi) is 4.24. The van der Waals surface area contributed by atoms with Crippen molar-refractivity contribution in [3.8, 4) is 0 Å². The predicted octanol–water partition coefficient (Wildman–Crippen LogP) is -3.22. The summed E-state index contributed by atoms with van der Waals surface area (Å²) in [7, 11) is 0. The van der Waals surface area contributed by atoms with Crippen molar-refractivity contribution in [3.05, 3.63) is 0 Å². The second-order valence-electron chi connectivity index (χ2n) is 3.55. The van der Waals surface area contributed by atoms with Gasteiger partial charge in [0.25, 0.3) is 0 Å². The molecule has 1 unspecified atom stereocenters. The van der Waals surface area contributed by atoms with Crippen molar-refractivity contribution in [1.82, 2.24) is 5.32 Å². The Balaban J connectivity index is 2.63. The average Bonchev–Trinajstić information content (AvgIpc) is 2.19. The molecule has 1 heterocycles. The van der Waals surface area contributed by atoms with E-state index in [1.54, 1.807) is 0 Å². The third-order valence-corrected chi connectivity index (χ3v) is 2.59. The Labute approximate surface area is 81.8 Å². The van der Waals surface area contributed by atoms with Gasteiger partial charge in [0.2, 0.25) is 0 Å². The molecule has 1 rings (SSSR count). The molecule has 0 saturated carbocycles. The first-order chi connectivity index (χ1) is 6.61. The van der Waals surface area contributed by atoms with Crippen LogP contribution in [0.5, 0.6) is 0 Å². The van der Waals surface area contributed by atoms with E-state index in [1.165, 1.54) is 0 Å². The normalized spacial score (nSPS) is 43.9. The summed E-state index contributed by atoms with van der Waals surface area (Å²) in [6.07, 6.45) is -3.34. The lowest BCUT2D eigenvalue weighted by Crippen LogP contribution is -2.65. The van der Waals surface area contributed by atoms with Crippen molar-refractivity contribution in [1.29, 1.82) is 0 Å². The number of nitrogens with one attached hydrogen (secondary N) is 1. The van der Waals surface area contributed by atoms with Crippen LogP contribution in [0.2, 0.25) is 0 Å². The molecule has 1 aliphatic heterocycles. The highest BCUT2D eigenvalue weighted by molar-refractivity contribution is 4.97. The lowest BCUT2D eigenvalue weighted by atomic mass is 9.89. The second-order valence-corrected chi connectivity index (χ2v) is 3.55. The molecule has 0 aromatic heterocycles. The van der Waals surface area contributed by atoms with E-state index in [2.05, 4.69) is 5.32 Å². The van der Waals surface area contributed by atoms with E-state index in [1.807, 2.05) is 0 Å². The van der Waals surface area contributed by atoms with E-state index in [4.69, 9.17) is 10.2 Å². The number of piperidine rings is 1. The molecule has 84 valence electrons. The third-order valence-electron chi connectivity index (χ3n) is 2.59. The SMILES string of the molecule is OCCC1N[C@H](CO)[C@@H](O)[C@H](O)[C@H]1O. The largest absolute Gasteiger partial charge is 0.396 e. The molecule has 6 N–H and O–H groups in total. The quantitative estimate of drug-likeness (QED) is 0.290. The summed E-state index contributed by atoms with van der Waals surface area (Å²) in [6, 6.07) is -1.17. The van der Waals surface area contributed by atoms with Gasteiger partial charge in [-0.25, -0.2) is 0 Å². The minimum absolute atomic E-state index is 0.129. The van der Waals surface area contributed by atoms with Gasteiger partial charge in [0, 0.05) is 12.6 Å². The highest BCUT2D eigenvalue weighted by Gasteiger charge is 2.41. The van der Waals surface area contributed by atoms with Gasteiger partial charge >= 0.3 is 0 Å². The van der Waals surface area contributed by atoms with Crippen LogP contribution >= 0.6 is 0 Å². The van der Waals surface area contributed by atoms with E-state index >= 15 is 0 Å². The van der Waals surface area contributed by atoms with Gasteiger partial charge < -0.3 is 30.8 Å². The Morgan fingerprint density at radius 1 is 0.857 bits per heavy atom. The number of aliphatic hydroxyl groups is 5. The van der Waals surface area contributed by atoms with Crippen LogP contribution in [-0.2, 0) is 0 Å². The zero-order valence-corrected chi connectivity index (χ0v) is 7.74. The van der Waals surface area contributed by atoms with Crippen LogP contribution in [0.15, 0.2) is 0 Å². The first kappa shape index (κ1) is 11.8. The molecule has 5 atom stereocenters. The van der Waals surface area contributed by atoms with Crippen molar-refractivity contribution in [2.75, 3.05) is 13.2 Å². The molecule has 14 heavy (non-hydrogen) atoms. The summed E-state index contributed by atoms with van der Waals surface area (Å²) in [5.41, 5.74) is 0. The highest BCUT2D eigenvalue weighted by atomic mass is 16.4. The Bertz CT molecular complexity index is 175. The minimum atomic E-state index is -1.29. The van der Waals surface area contributed by atoms with Crippen LogP contribution in [0.1, 0.15) is 6.42 Å². The number of rotatable bonds is 3. The zero-order chi connectivity index (χ0) is 10.7. The summed E-state index contributed by atoms with van der Waals surface area (Å²) in [4.78, 5) is 0. The Morgan fingerprint density at radius 3 is 1.93 bits per heavy atom. The van der Waals surface area contributed by atoms with Gasteiger partial charge in [-0.05, 0) is 6.42 Å². The molecule has 0 radical (unpaired) electrons. The fourth-order valence-corrected chi connectivity index (χ4v) is 1.70. The molecule has 0 aliphatic carbocycles. The summed E-state index contributed by atoms with van der Waals surface area (Å²) in [5, 5.41) is 48.6. The number of hydrogen-bond acceptors (Lipinski definition) is 6. The minimum Gasteiger partial charge on any atom is -0.396 e. The van der Waals surface area contributed by atoms with Crippen molar-refractivity contribution >= 4 is 0 Å². The van der Waals surface area contributed by atoms with Crippen LogP contribution < -0.4 is 5.32 Å². The van der Waals surface area contributed by atoms with Gasteiger partial charge in [0.1, 0.15) is 6.10 Å². The summed E-state index contributed by atoms with van der Waals surface area (Å²) < 4.78 is 0. The van der Waals surface area contributed by atoms with Crippen LogP contribution in [0.4, 0.5) is 0 Å². The molecule has 0 bridgehead atoms. The van der Waals surface area contributed by atoms with Gasteiger partial charge in [-0.15, -0.1) is 0 Å². The predicted molar refractivity (Wildman–Crippen MR) is 47.5 cm³/mol. The van der Waals surface area contributed by atoms with Gasteiger partial charge in [0.15, 0.2) is 0 Å². The Morgan fingerprint density at radius 2 is 1.43 bits per heavy atom. The molecule has 0 spiro atoms. The van der Waals surface area contributed by atoms with Crippen LogP contribution in [0.3, 0.4) is 0 Å². The monoisotopic (exact) mass is 207 g/mol. The standard InChI is InChI=1S/C8H17NO5/c10-2-1-4-6(12)8(14)7(13)5(3-11)9-4/h4-14H,1-3H2/t4?,5-,6+,7-,8-/m1/s1. The van der Waals surface area contributed by atoms with E-state index in [9.17, 15) is 15.3 Å². The van der Waals surface area contributed by atoms with Crippen LogP contribution in [-0.4, -0.2) is 69.1 Å². The maximum absolute atomic E-state index is 9.49. The van der Waals surface area contributed by atoms with Gasteiger partial charge in [-0.1, -0.05) is 0 Å². The summed E-state index contributed by atoms with van der Waals surface area (Å²) in [6.45, 7) is -0.456. The van der Waals surface area contributed by atoms with Crippen molar-refractivity contribution in [3.63, 3.8) is 0 Å². The molecular weight excluding hydrogens is 190 g/mol. The molecule has 1 fully saturated rings. The molecule has 6 nitrogen and oxygen atoms in total. The highest BCUT2D eigenvalue weighted by Crippen LogP contribution is 2.17. The van der Waals surface area contributed by atoms with E-state index in [0.717, 1.165) is 0 Å². The van der Waals surface area contributed by atoms with E-state index < -0.39 is 30.4 Å². The molecule has 0 aromatic carbocycles. The lowest BCUT2D eigenvalue weighted by molar-refractivity contribution is -0.121. The summed E-state index contributed by atoms with van der Waals surface area (Å²) in [5.74, 6) is 0. The first-order valence-corrected chi connectivity index (χ1v) is 4.63. The van der Waals surface area contributed by atoms with Crippen molar-refractivity contribution in [2.24, 2.45) is 0 Å². The van der Waals surface area contributed by atoms with E-state index in [-0.39, 0.29) is 19.6 Å². The smallest absolute Gasteiger partial charge is 0.109 e. The van der Waals surface area contributed by atoms with Gasteiger partial charge in [-0.2, -0.15) is 0 Å². The Hall–Kier alpha value is -0.240. The topological polar surface area (TPSA) is 113 Å². The summed E-state index contributed by atoms with van der Waals surface area (Å²) >= 11 is 0. The molecule has 1 saturated heterocycles. The van der Waals surface area contributed by atoms with E-state index in [0.29, 0.717) is 0 Å². The van der Waals surface area contributed by atoms with Crippen molar-refractivity contribution < 1.29 is 25.5 Å². The molecule has 0 aromatic rings. The van der Waals surface area contributed by atoms with Gasteiger partial charge in [0.05, 0.1) is 24.9 Å². The third kappa shape index (κ3) is 2.22. The maximum Gasteiger partial charge on any atom is 0.109 e. The molecule has 6 heteroatoms. The zero-order valence-electron chi connectivity index (χ0n) is 7.74. The fourth-order valence-electron chi connectivity index (χ4n) is 1.70. The van der Waals surface area contributed by atoms with Crippen LogP contribution in [0, 0.1) is 0 Å². The van der Waals surface area contributed by atoms with Crippen LogP contribution in [0.25, 0.3) is 0 Å². The molecule has 1 aliphatic rings. The lowest BCUT2D eigenvalue weighted by Gasteiger charge is -2.40. The number of aliphatic hydroxyl groups excluding tert-OH is 5. The fraction of sp³-hybridized carbons (Fsp3) is 1.00. The number of hydrogen-bond donors (Lipinski definition) is 6. The second kappa shape index (κ2) is 5.01.